The van der Waals surface area contributed by atoms with E-state index in [1.807, 2.05) is 6.08 Å². The van der Waals surface area contributed by atoms with Gasteiger partial charge in [0.2, 0.25) is 0 Å². The first-order chi connectivity index (χ1) is 10.9. The molecule has 4 rings (SSSR count). The minimum absolute atomic E-state index is 0.0361. The van der Waals surface area contributed by atoms with Gasteiger partial charge in [-0.05, 0) is 66.7 Å². The van der Waals surface area contributed by atoms with Crippen LogP contribution in [0.1, 0.15) is 52.9 Å². The average Bonchev–Trinajstić information content (AvgIpc) is 2.83. The zero-order valence-corrected chi connectivity index (χ0v) is 14.4. The van der Waals surface area contributed by atoms with Gasteiger partial charge in [-0.1, -0.05) is 32.9 Å². The monoisotopic (exact) mass is 310 g/mol. The Kier molecular flexibility index (Phi) is 3.14. The van der Waals surface area contributed by atoms with Crippen LogP contribution in [0.25, 0.3) is 0 Å². The van der Waals surface area contributed by atoms with Crippen molar-refractivity contribution in [1.82, 2.24) is 0 Å². The highest BCUT2D eigenvalue weighted by Gasteiger charge is 2.58. The molecular formula is C21H26O2. The minimum Gasteiger partial charge on any atom is -0.299 e. The van der Waals surface area contributed by atoms with E-state index in [1.54, 1.807) is 6.08 Å². The highest BCUT2D eigenvalue weighted by molar-refractivity contribution is 6.02. The van der Waals surface area contributed by atoms with Gasteiger partial charge in [0.25, 0.3) is 0 Å². The van der Waals surface area contributed by atoms with Crippen LogP contribution in [0.15, 0.2) is 35.5 Å². The third-order valence-electron chi connectivity index (χ3n) is 7.39. The standard InChI is InChI=1S/C21H26O2/c1-4-13-11-15-16-5-6-19(23)21(16,3)10-8-17(15)20(2)9-7-14(22)12-18(13)20/h7,9,11-12,15-17H,4-6,8,10H2,1-3H3/t15-,16-,17-,20+,21-/m0/s1. The maximum atomic E-state index is 12.5. The van der Waals surface area contributed by atoms with E-state index in [0.717, 1.165) is 32.1 Å². The molecular weight excluding hydrogens is 284 g/mol. The number of hydrogen-bond donors (Lipinski definition) is 0. The highest BCUT2D eigenvalue weighted by Crippen LogP contribution is 2.63. The van der Waals surface area contributed by atoms with Crippen molar-refractivity contribution in [1.29, 1.82) is 0 Å². The summed E-state index contributed by atoms with van der Waals surface area (Å²) in [7, 11) is 0. The number of ketones is 2. The van der Waals surface area contributed by atoms with Gasteiger partial charge < -0.3 is 0 Å². The Morgan fingerprint density at radius 3 is 2.70 bits per heavy atom. The van der Waals surface area contributed by atoms with Gasteiger partial charge in [0.1, 0.15) is 5.78 Å². The van der Waals surface area contributed by atoms with Crippen molar-refractivity contribution < 1.29 is 9.59 Å². The second-order valence-electron chi connectivity index (χ2n) is 8.33. The van der Waals surface area contributed by atoms with Gasteiger partial charge in [0, 0.05) is 17.3 Å². The highest BCUT2D eigenvalue weighted by atomic mass is 16.1. The van der Waals surface area contributed by atoms with Crippen LogP contribution in [-0.2, 0) is 9.59 Å². The Bertz CT molecular complexity index is 680. The summed E-state index contributed by atoms with van der Waals surface area (Å²) in [5.41, 5.74) is 2.42. The molecule has 0 amide bonds. The summed E-state index contributed by atoms with van der Waals surface area (Å²) in [6.45, 7) is 6.69. The smallest absolute Gasteiger partial charge is 0.178 e. The molecule has 0 saturated heterocycles. The van der Waals surface area contributed by atoms with E-state index in [4.69, 9.17) is 0 Å². The fourth-order valence-electron chi connectivity index (χ4n) is 5.98. The van der Waals surface area contributed by atoms with Crippen LogP contribution in [0.2, 0.25) is 0 Å². The first-order valence-corrected chi connectivity index (χ1v) is 9.10. The molecule has 2 fully saturated rings. The summed E-state index contributed by atoms with van der Waals surface area (Å²) >= 11 is 0. The van der Waals surface area contributed by atoms with Crippen LogP contribution in [-0.4, -0.2) is 11.6 Å². The Morgan fingerprint density at radius 1 is 1.17 bits per heavy atom. The largest absolute Gasteiger partial charge is 0.299 e. The molecule has 0 aromatic carbocycles. The Labute approximate surface area is 138 Å². The fourth-order valence-corrected chi connectivity index (χ4v) is 5.98. The number of allylic oxidation sites excluding steroid dienone is 6. The molecule has 23 heavy (non-hydrogen) atoms. The predicted octanol–water partition coefficient (Wildman–Crippen LogP) is 4.42. The lowest BCUT2D eigenvalue weighted by molar-refractivity contribution is -0.130. The fraction of sp³-hybridized carbons (Fsp3) is 0.619. The summed E-state index contributed by atoms with van der Waals surface area (Å²) in [4.78, 5) is 24.4. The van der Waals surface area contributed by atoms with Gasteiger partial charge in [0.15, 0.2) is 5.78 Å². The van der Waals surface area contributed by atoms with Crippen molar-refractivity contribution in [3.8, 4) is 0 Å². The van der Waals surface area contributed by atoms with Crippen LogP contribution < -0.4 is 0 Å². The predicted molar refractivity (Wildman–Crippen MR) is 90.8 cm³/mol. The van der Waals surface area contributed by atoms with E-state index in [0.29, 0.717) is 23.5 Å². The SMILES string of the molecule is CCC1=C[C@@H]2[C@H](CC[C@]3(C)C(=O)CC[C@@H]23)[C@@]2(C)C=CC(=O)C=C12. The molecule has 0 aromatic heterocycles. The normalized spacial score (nSPS) is 45.1. The van der Waals surface area contributed by atoms with Crippen LogP contribution in [0.4, 0.5) is 0 Å². The van der Waals surface area contributed by atoms with E-state index in [9.17, 15) is 9.59 Å². The van der Waals surface area contributed by atoms with Crippen molar-refractivity contribution in [2.45, 2.75) is 52.9 Å². The molecule has 4 aliphatic carbocycles. The van der Waals surface area contributed by atoms with Crippen molar-refractivity contribution in [3.63, 3.8) is 0 Å². The Hall–Kier alpha value is -1.44. The summed E-state index contributed by atoms with van der Waals surface area (Å²) in [6, 6.07) is 0. The number of hydrogen-bond acceptors (Lipinski definition) is 2. The van der Waals surface area contributed by atoms with Gasteiger partial charge >= 0.3 is 0 Å². The lowest BCUT2D eigenvalue weighted by Crippen LogP contribution is -2.48. The molecule has 2 nitrogen and oxygen atoms in total. The molecule has 0 aromatic rings. The van der Waals surface area contributed by atoms with Crippen molar-refractivity contribution >= 4 is 11.6 Å². The molecule has 2 saturated carbocycles. The van der Waals surface area contributed by atoms with Crippen molar-refractivity contribution in [2.24, 2.45) is 28.6 Å². The number of carbonyl (C=O) groups is 2. The van der Waals surface area contributed by atoms with Gasteiger partial charge in [-0.3, -0.25) is 9.59 Å². The average molecular weight is 310 g/mol. The topological polar surface area (TPSA) is 34.1 Å². The van der Waals surface area contributed by atoms with E-state index in [1.165, 1.54) is 11.1 Å². The number of Topliss-reactive ketones (excluding diaryl/α,β-unsaturated/α-hetero) is 1. The first kappa shape index (κ1) is 15.1. The summed E-state index contributed by atoms with van der Waals surface area (Å²) < 4.78 is 0. The maximum Gasteiger partial charge on any atom is 0.178 e. The number of carbonyl (C=O) groups excluding carboxylic acids is 2. The zero-order valence-electron chi connectivity index (χ0n) is 14.4. The molecule has 0 bridgehead atoms. The van der Waals surface area contributed by atoms with Crippen LogP contribution in [0.3, 0.4) is 0 Å². The van der Waals surface area contributed by atoms with E-state index >= 15 is 0 Å². The van der Waals surface area contributed by atoms with Gasteiger partial charge in [-0.2, -0.15) is 0 Å². The van der Waals surface area contributed by atoms with Crippen LogP contribution >= 0.6 is 0 Å². The molecule has 122 valence electrons. The van der Waals surface area contributed by atoms with Gasteiger partial charge in [-0.25, -0.2) is 0 Å². The molecule has 5 atom stereocenters. The third kappa shape index (κ3) is 1.87. The van der Waals surface area contributed by atoms with E-state index in [-0.39, 0.29) is 16.6 Å². The number of fused-ring (bicyclic) bond motifs is 5. The van der Waals surface area contributed by atoms with Gasteiger partial charge in [-0.15, -0.1) is 0 Å². The summed E-state index contributed by atoms with van der Waals surface area (Å²) in [6.07, 6.45) is 13.1. The summed E-state index contributed by atoms with van der Waals surface area (Å²) in [5.74, 6) is 2.09. The second kappa shape index (κ2) is 4.78. The summed E-state index contributed by atoms with van der Waals surface area (Å²) in [5, 5.41) is 0. The zero-order chi connectivity index (χ0) is 16.4. The second-order valence-corrected chi connectivity index (χ2v) is 8.33. The maximum absolute atomic E-state index is 12.5. The molecule has 0 N–H and O–H groups in total. The van der Waals surface area contributed by atoms with Crippen molar-refractivity contribution in [3.05, 3.63) is 35.5 Å². The quantitative estimate of drug-likeness (QED) is 0.718. The number of rotatable bonds is 1. The third-order valence-corrected chi connectivity index (χ3v) is 7.39. The molecule has 0 radical (unpaired) electrons. The van der Waals surface area contributed by atoms with E-state index in [2.05, 4.69) is 32.9 Å². The first-order valence-electron chi connectivity index (χ1n) is 9.10. The lowest BCUT2D eigenvalue weighted by atomic mass is 9.49. The Balaban J connectivity index is 1.85. The van der Waals surface area contributed by atoms with Gasteiger partial charge in [0.05, 0.1) is 0 Å². The van der Waals surface area contributed by atoms with Crippen molar-refractivity contribution in [2.75, 3.05) is 0 Å². The molecule has 0 heterocycles. The minimum atomic E-state index is -0.109. The molecule has 2 heteroatoms. The lowest BCUT2D eigenvalue weighted by Gasteiger charge is -2.54. The Morgan fingerprint density at radius 2 is 1.96 bits per heavy atom. The van der Waals surface area contributed by atoms with Crippen LogP contribution in [0, 0.1) is 28.6 Å². The molecule has 4 aliphatic rings. The molecule has 0 spiro atoms. The van der Waals surface area contributed by atoms with Crippen LogP contribution in [0.5, 0.6) is 0 Å². The van der Waals surface area contributed by atoms with E-state index < -0.39 is 0 Å². The molecule has 0 aliphatic heterocycles. The molecule has 0 unspecified atom stereocenters.